The Hall–Kier alpha value is -1.00. The van der Waals surface area contributed by atoms with Crippen LogP contribution in [0.4, 0.5) is 8.78 Å². The number of rotatable bonds is 5. The van der Waals surface area contributed by atoms with Crippen molar-refractivity contribution in [3.63, 3.8) is 0 Å². The molecule has 2 nitrogen and oxygen atoms in total. The summed E-state index contributed by atoms with van der Waals surface area (Å²) in [5, 5.41) is 3.27. The van der Waals surface area contributed by atoms with Crippen LogP contribution in [-0.4, -0.2) is 31.1 Å². The highest BCUT2D eigenvalue weighted by Crippen LogP contribution is 2.44. The number of halogens is 2. The molecule has 0 aromatic heterocycles. The van der Waals surface area contributed by atoms with E-state index in [0.717, 1.165) is 19.1 Å². The van der Waals surface area contributed by atoms with Crippen LogP contribution in [0.5, 0.6) is 0 Å². The molecule has 0 amide bonds. The van der Waals surface area contributed by atoms with Gasteiger partial charge in [-0.05, 0) is 50.9 Å². The molecule has 2 unspecified atom stereocenters. The third kappa shape index (κ3) is 2.72. The Labute approximate surface area is 119 Å². The van der Waals surface area contributed by atoms with Gasteiger partial charge in [0.2, 0.25) is 0 Å². The second-order valence-electron chi connectivity index (χ2n) is 5.99. The van der Waals surface area contributed by atoms with Gasteiger partial charge < -0.3 is 5.32 Å². The van der Waals surface area contributed by atoms with Crippen LogP contribution in [0, 0.1) is 5.92 Å². The minimum absolute atomic E-state index is 0.120. The van der Waals surface area contributed by atoms with Crippen molar-refractivity contribution >= 4 is 0 Å². The van der Waals surface area contributed by atoms with E-state index < -0.39 is 6.43 Å². The van der Waals surface area contributed by atoms with Crippen LogP contribution in [-0.2, 0) is 0 Å². The molecule has 2 fully saturated rings. The van der Waals surface area contributed by atoms with Gasteiger partial charge in [-0.2, -0.15) is 0 Å². The summed E-state index contributed by atoms with van der Waals surface area (Å²) in [5.74, 6) is 0.581. The molecule has 3 rings (SSSR count). The summed E-state index contributed by atoms with van der Waals surface area (Å²) in [6.45, 7) is 2.13. The molecule has 20 heavy (non-hydrogen) atoms. The van der Waals surface area contributed by atoms with E-state index in [0.29, 0.717) is 12.0 Å². The average Bonchev–Trinajstić information content (AvgIpc) is 3.21. The molecule has 2 aliphatic rings. The number of nitrogens with zero attached hydrogens (tertiary/aromatic N) is 1. The average molecular weight is 280 g/mol. The van der Waals surface area contributed by atoms with Gasteiger partial charge in [-0.15, -0.1) is 0 Å². The summed E-state index contributed by atoms with van der Waals surface area (Å²) >= 11 is 0. The van der Waals surface area contributed by atoms with Crippen molar-refractivity contribution in [2.24, 2.45) is 5.92 Å². The zero-order valence-electron chi connectivity index (χ0n) is 11.9. The van der Waals surface area contributed by atoms with E-state index in [9.17, 15) is 8.78 Å². The van der Waals surface area contributed by atoms with Crippen LogP contribution < -0.4 is 5.32 Å². The molecule has 1 heterocycles. The Morgan fingerprint density at radius 2 is 1.90 bits per heavy atom. The number of hydrogen-bond acceptors (Lipinski definition) is 2. The Kier molecular flexibility index (Phi) is 4.03. The first-order valence-corrected chi connectivity index (χ1v) is 7.49. The molecule has 1 N–H and O–H groups in total. The SMILES string of the molecule is CNCC1CCN(C2CC2)C1c1ccc(C(F)F)cc1. The first kappa shape index (κ1) is 14.0. The minimum Gasteiger partial charge on any atom is -0.319 e. The van der Waals surface area contributed by atoms with Gasteiger partial charge in [-0.25, -0.2) is 8.78 Å². The molecule has 110 valence electrons. The number of likely N-dealkylation sites (tertiary alicyclic amines) is 1. The fraction of sp³-hybridized carbons (Fsp3) is 0.625. The van der Waals surface area contributed by atoms with Gasteiger partial charge >= 0.3 is 0 Å². The molecular formula is C16H22F2N2. The summed E-state index contributed by atoms with van der Waals surface area (Å²) in [7, 11) is 1.98. The van der Waals surface area contributed by atoms with E-state index in [-0.39, 0.29) is 5.56 Å². The Balaban J connectivity index is 1.82. The Morgan fingerprint density at radius 3 is 2.45 bits per heavy atom. The highest BCUT2D eigenvalue weighted by atomic mass is 19.3. The number of benzene rings is 1. The van der Waals surface area contributed by atoms with Crippen molar-refractivity contribution in [3.05, 3.63) is 35.4 Å². The van der Waals surface area contributed by atoms with Crippen molar-refractivity contribution in [3.8, 4) is 0 Å². The van der Waals surface area contributed by atoms with Crippen LogP contribution in [0.3, 0.4) is 0 Å². The van der Waals surface area contributed by atoms with Crippen LogP contribution >= 0.6 is 0 Å². The van der Waals surface area contributed by atoms with E-state index in [1.807, 2.05) is 19.2 Å². The van der Waals surface area contributed by atoms with Crippen molar-refractivity contribution < 1.29 is 8.78 Å². The number of nitrogens with one attached hydrogen (secondary N) is 1. The molecule has 0 bridgehead atoms. The molecule has 0 radical (unpaired) electrons. The van der Waals surface area contributed by atoms with Gasteiger partial charge in [0.05, 0.1) is 0 Å². The zero-order valence-corrected chi connectivity index (χ0v) is 11.9. The molecule has 1 aliphatic heterocycles. The molecule has 0 spiro atoms. The molecule has 1 aliphatic carbocycles. The van der Waals surface area contributed by atoms with Crippen LogP contribution in [0.1, 0.15) is 42.9 Å². The van der Waals surface area contributed by atoms with Gasteiger partial charge in [0.15, 0.2) is 0 Å². The smallest absolute Gasteiger partial charge is 0.263 e. The quantitative estimate of drug-likeness (QED) is 0.889. The van der Waals surface area contributed by atoms with Crippen molar-refractivity contribution in [2.45, 2.75) is 37.8 Å². The summed E-state index contributed by atoms with van der Waals surface area (Å²) in [6.07, 6.45) is 1.40. The lowest BCUT2D eigenvalue weighted by Crippen LogP contribution is -2.30. The minimum atomic E-state index is -2.37. The van der Waals surface area contributed by atoms with Gasteiger partial charge in [-0.1, -0.05) is 24.3 Å². The fourth-order valence-electron chi connectivity index (χ4n) is 3.48. The van der Waals surface area contributed by atoms with Crippen molar-refractivity contribution in [1.82, 2.24) is 10.2 Å². The highest BCUT2D eigenvalue weighted by molar-refractivity contribution is 5.27. The maximum atomic E-state index is 12.7. The third-order valence-corrected chi connectivity index (χ3v) is 4.57. The standard InChI is InChI=1S/C16H22F2N2/c1-19-10-13-8-9-20(14-6-7-14)15(13)11-2-4-12(5-3-11)16(17)18/h2-5,13-16,19H,6-10H2,1H3. The second-order valence-corrected chi connectivity index (χ2v) is 5.99. The summed E-state index contributed by atoms with van der Waals surface area (Å²) in [6, 6.07) is 8.07. The largest absolute Gasteiger partial charge is 0.319 e. The van der Waals surface area contributed by atoms with E-state index in [1.165, 1.54) is 24.8 Å². The van der Waals surface area contributed by atoms with Crippen molar-refractivity contribution in [1.29, 1.82) is 0 Å². The Bertz CT molecular complexity index is 442. The van der Waals surface area contributed by atoms with Crippen LogP contribution in [0.15, 0.2) is 24.3 Å². The first-order chi connectivity index (χ1) is 9.70. The normalized spacial score (nSPS) is 27.4. The molecule has 1 aromatic carbocycles. The summed E-state index contributed by atoms with van der Waals surface area (Å²) in [4.78, 5) is 2.58. The molecule has 1 aromatic rings. The summed E-state index contributed by atoms with van der Waals surface area (Å²) < 4.78 is 25.3. The number of alkyl halides is 2. The maximum Gasteiger partial charge on any atom is 0.263 e. The van der Waals surface area contributed by atoms with E-state index in [4.69, 9.17) is 0 Å². The van der Waals surface area contributed by atoms with Gasteiger partial charge in [0, 0.05) is 17.6 Å². The molecule has 2 atom stereocenters. The topological polar surface area (TPSA) is 15.3 Å². The number of hydrogen-bond donors (Lipinski definition) is 1. The van der Waals surface area contributed by atoms with Gasteiger partial charge in [0.25, 0.3) is 6.43 Å². The van der Waals surface area contributed by atoms with E-state index >= 15 is 0 Å². The fourth-order valence-corrected chi connectivity index (χ4v) is 3.48. The predicted molar refractivity (Wildman–Crippen MR) is 75.9 cm³/mol. The van der Waals surface area contributed by atoms with Crippen molar-refractivity contribution in [2.75, 3.05) is 20.1 Å². The highest BCUT2D eigenvalue weighted by Gasteiger charge is 2.42. The second kappa shape index (κ2) is 5.78. The van der Waals surface area contributed by atoms with E-state index in [2.05, 4.69) is 10.2 Å². The molecule has 1 saturated heterocycles. The van der Waals surface area contributed by atoms with Crippen LogP contribution in [0.2, 0.25) is 0 Å². The van der Waals surface area contributed by atoms with E-state index in [1.54, 1.807) is 12.1 Å². The lowest BCUT2D eigenvalue weighted by molar-refractivity contribution is 0.151. The maximum absolute atomic E-state index is 12.7. The molecule has 4 heteroatoms. The molecular weight excluding hydrogens is 258 g/mol. The molecule has 1 saturated carbocycles. The van der Waals surface area contributed by atoms with Gasteiger partial charge in [0.1, 0.15) is 0 Å². The lowest BCUT2D eigenvalue weighted by Gasteiger charge is -2.29. The predicted octanol–water partition coefficient (Wildman–Crippen LogP) is 3.37. The Morgan fingerprint density at radius 1 is 1.20 bits per heavy atom. The third-order valence-electron chi connectivity index (χ3n) is 4.57. The monoisotopic (exact) mass is 280 g/mol. The lowest BCUT2D eigenvalue weighted by atomic mass is 9.93. The van der Waals surface area contributed by atoms with Gasteiger partial charge in [-0.3, -0.25) is 4.90 Å². The first-order valence-electron chi connectivity index (χ1n) is 7.49. The zero-order chi connectivity index (χ0) is 14.1. The summed E-state index contributed by atoms with van der Waals surface area (Å²) in [5.41, 5.74) is 1.31. The van der Waals surface area contributed by atoms with Crippen LogP contribution in [0.25, 0.3) is 0 Å².